The first kappa shape index (κ1) is 13.6. The number of rotatable bonds is 3. The third kappa shape index (κ3) is 3.06. The number of fused-ring (bicyclic) bond motifs is 1. The van der Waals surface area contributed by atoms with E-state index in [2.05, 4.69) is 10.6 Å². The van der Waals surface area contributed by atoms with Crippen molar-refractivity contribution < 1.29 is 9.90 Å². The maximum Gasteiger partial charge on any atom is 0.229 e. The van der Waals surface area contributed by atoms with Crippen LogP contribution in [0.15, 0.2) is 48.5 Å². The zero-order valence-corrected chi connectivity index (χ0v) is 11.7. The molecule has 2 aromatic rings. The molecule has 0 aliphatic carbocycles. The van der Waals surface area contributed by atoms with Crippen LogP contribution in [0, 0.1) is 5.92 Å². The van der Waals surface area contributed by atoms with Crippen LogP contribution in [0.4, 0.5) is 11.4 Å². The normalized spacial score (nSPS) is 16.7. The predicted octanol–water partition coefficient (Wildman–Crippen LogP) is 2.40. The Hall–Kier alpha value is -2.33. The van der Waals surface area contributed by atoms with Gasteiger partial charge in [-0.05, 0) is 35.7 Å². The summed E-state index contributed by atoms with van der Waals surface area (Å²) in [7, 11) is 0. The molecule has 4 heteroatoms. The molecule has 0 aromatic heterocycles. The van der Waals surface area contributed by atoms with Crippen molar-refractivity contribution in [3.05, 3.63) is 59.7 Å². The molecule has 0 spiro atoms. The molecule has 1 amide bonds. The minimum atomic E-state index is -0.0855. The van der Waals surface area contributed by atoms with Crippen LogP contribution in [0.3, 0.4) is 0 Å². The first-order valence-electron chi connectivity index (χ1n) is 7.08. The van der Waals surface area contributed by atoms with Crippen LogP contribution in [-0.2, 0) is 17.8 Å². The highest BCUT2D eigenvalue weighted by molar-refractivity contribution is 5.93. The van der Waals surface area contributed by atoms with E-state index in [-0.39, 0.29) is 18.4 Å². The van der Waals surface area contributed by atoms with Gasteiger partial charge in [-0.15, -0.1) is 0 Å². The topological polar surface area (TPSA) is 61.4 Å². The lowest BCUT2D eigenvalue weighted by Crippen LogP contribution is -2.33. The van der Waals surface area contributed by atoms with Crippen LogP contribution >= 0.6 is 0 Å². The standard InChI is InChI=1S/C17H18N2O2/c20-11-12-4-3-6-15(8-12)19-17(21)14-9-13-5-1-2-7-16(13)18-10-14/h1-8,14,18,20H,9-11H2,(H,19,21). The number of carbonyl (C=O) groups excluding carboxylic acids is 1. The minimum Gasteiger partial charge on any atom is -0.392 e. The van der Waals surface area contributed by atoms with Crippen molar-refractivity contribution in [1.82, 2.24) is 0 Å². The number of nitrogens with one attached hydrogen (secondary N) is 2. The van der Waals surface area contributed by atoms with E-state index in [1.165, 1.54) is 5.56 Å². The minimum absolute atomic E-state index is 0.00657. The Morgan fingerprint density at radius 1 is 1.24 bits per heavy atom. The summed E-state index contributed by atoms with van der Waals surface area (Å²) in [6.07, 6.45) is 0.745. The van der Waals surface area contributed by atoms with Crippen LogP contribution < -0.4 is 10.6 Å². The molecule has 0 fully saturated rings. The van der Waals surface area contributed by atoms with Crippen molar-refractivity contribution in [2.45, 2.75) is 13.0 Å². The second kappa shape index (κ2) is 5.97. The van der Waals surface area contributed by atoms with Crippen LogP contribution in [0.5, 0.6) is 0 Å². The molecule has 3 rings (SSSR count). The summed E-state index contributed by atoms with van der Waals surface area (Å²) < 4.78 is 0. The number of carbonyl (C=O) groups is 1. The fourth-order valence-corrected chi connectivity index (χ4v) is 2.62. The van der Waals surface area contributed by atoms with Gasteiger partial charge in [-0.3, -0.25) is 4.79 Å². The third-order valence-electron chi connectivity index (χ3n) is 3.77. The number of hydrogen-bond donors (Lipinski definition) is 3. The second-order valence-electron chi connectivity index (χ2n) is 5.29. The lowest BCUT2D eigenvalue weighted by molar-refractivity contribution is -0.119. The summed E-state index contributed by atoms with van der Waals surface area (Å²) in [4.78, 5) is 12.4. The Morgan fingerprint density at radius 3 is 2.95 bits per heavy atom. The third-order valence-corrected chi connectivity index (χ3v) is 3.77. The quantitative estimate of drug-likeness (QED) is 0.810. The number of para-hydroxylation sites is 1. The molecule has 108 valence electrons. The lowest BCUT2D eigenvalue weighted by Gasteiger charge is -2.25. The molecule has 0 bridgehead atoms. The Kier molecular flexibility index (Phi) is 3.88. The van der Waals surface area contributed by atoms with Crippen molar-refractivity contribution >= 4 is 17.3 Å². The molecule has 2 aromatic carbocycles. The molecule has 4 nitrogen and oxygen atoms in total. The highest BCUT2D eigenvalue weighted by atomic mass is 16.3. The molecule has 1 unspecified atom stereocenters. The molecule has 1 aliphatic rings. The predicted molar refractivity (Wildman–Crippen MR) is 83.1 cm³/mol. The van der Waals surface area contributed by atoms with Gasteiger partial charge in [0.05, 0.1) is 12.5 Å². The highest BCUT2D eigenvalue weighted by Gasteiger charge is 2.24. The summed E-state index contributed by atoms with van der Waals surface area (Å²) in [6, 6.07) is 15.4. The van der Waals surface area contributed by atoms with Crippen molar-refractivity contribution in [2.75, 3.05) is 17.2 Å². The molecule has 0 saturated carbocycles. The summed E-state index contributed by atoms with van der Waals surface area (Å²) in [5, 5.41) is 15.4. The fourth-order valence-electron chi connectivity index (χ4n) is 2.62. The number of aliphatic hydroxyl groups is 1. The van der Waals surface area contributed by atoms with Crippen LogP contribution in [-0.4, -0.2) is 17.6 Å². The smallest absolute Gasteiger partial charge is 0.229 e. The average molecular weight is 282 g/mol. The second-order valence-corrected chi connectivity index (χ2v) is 5.29. The molecule has 1 atom stereocenters. The molecular formula is C17H18N2O2. The fraction of sp³-hybridized carbons (Fsp3) is 0.235. The first-order chi connectivity index (χ1) is 10.3. The number of anilines is 2. The van der Waals surface area contributed by atoms with E-state index in [1.54, 1.807) is 6.07 Å². The van der Waals surface area contributed by atoms with Gasteiger partial charge < -0.3 is 15.7 Å². The van der Waals surface area contributed by atoms with Gasteiger partial charge in [0.25, 0.3) is 0 Å². The SMILES string of the molecule is O=C(Nc1cccc(CO)c1)C1CNc2ccccc2C1. The summed E-state index contributed by atoms with van der Waals surface area (Å²) >= 11 is 0. The van der Waals surface area contributed by atoms with Crippen molar-refractivity contribution in [1.29, 1.82) is 0 Å². The van der Waals surface area contributed by atoms with Crippen molar-refractivity contribution in [2.24, 2.45) is 5.92 Å². The van der Waals surface area contributed by atoms with E-state index in [9.17, 15) is 4.79 Å². The monoisotopic (exact) mass is 282 g/mol. The van der Waals surface area contributed by atoms with E-state index in [0.29, 0.717) is 6.54 Å². The van der Waals surface area contributed by atoms with Gasteiger partial charge in [-0.2, -0.15) is 0 Å². The van der Waals surface area contributed by atoms with Crippen LogP contribution in [0.25, 0.3) is 0 Å². The van der Waals surface area contributed by atoms with Crippen LogP contribution in [0.2, 0.25) is 0 Å². The van der Waals surface area contributed by atoms with Gasteiger partial charge in [0.15, 0.2) is 0 Å². The summed E-state index contributed by atoms with van der Waals surface area (Å²) in [5.74, 6) is -0.0789. The molecule has 21 heavy (non-hydrogen) atoms. The molecule has 3 N–H and O–H groups in total. The van der Waals surface area contributed by atoms with Gasteiger partial charge >= 0.3 is 0 Å². The zero-order chi connectivity index (χ0) is 14.7. The van der Waals surface area contributed by atoms with E-state index in [0.717, 1.165) is 23.4 Å². The van der Waals surface area contributed by atoms with Crippen molar-refractivity contribution in [3.63, 3.8) is 0 Å². The number of hydrogen-bond acceptors (Lipinski definition) is 3. The highest BCUT2D eigenvalue weighted by Crippen LogP contribution is 2.25. The van der Waals surface area contributed by atoms with Crippen LogP contribution in [0.1, 0.15) is 11.1 Å². The molecule has 1 aliphatic heterocycles. The first-order valence-corrected chi connectivity index (χ1v) is 7.08. The van der Waals surface area contributed by atoms with Gasteiger partial charge in [0.1, 0.15) is 0 Å². The van der Waals surface area contributed by atoms with Gasteiger partial charge in [0, 0.05) is 17.9 Å². The number of benzene rings is 2. The van der Waals surface area contributed by atoms with Gasteiger partial charge in [0.2, 0.25) is 5.91 Å². The maximum absolute atomic E-state index is 12.4. The Balaban J connectivity index is 1.69. The van der Waals surface area contributed by atoms with Gasteiger partial charge in [-0.25, -0.2) is 0 Å². The maximum atomic E-state index is 12.4. The summed E-state index contributed by atoms with van der Waals surface area (Å²) in [5.41, 5.74) is 3.81. The molecule has 0 saturated heterocycles. The number of aliphatic hydroxyl groups excluding tert-OH is 1. The average Bonchev–Trinajstić information content (AvgIpc) is 2.54. The summed E-state index contributed by atoms with van der Waals surface area (Å²) in [6.45, 7) is 0.616. The lowest BCUT2D eigenvalue weighted by atomic mass is 9.93. The molecule has 0 radical (unpaired) electrons. The van der Waals surface area contributed by atoms with E-state index in [1.807, 2.05) is 42.5 Å². The Labute approximate surface area is 123 Å². The molecular weight excluding hydrogens is 264 g/mol. The largest absolute Gasteiger partial charge is 0.392 e. The van der Waals surface area contributed by atoms with Crippen molar-refractivity contribution in [3.8, 4) is 0 Å². The zero-order valence-electron chi connectivity index (χ0n) is 11.7. The Bertz CT molecular complexity index is 655. The van der Waals surface area contributed by atoms with Gasteiger partial charge in [-0.1, -0.05) is 30.3 Å². The Morgan fingerprint density at radius 2 is 2.10 bits per heavy atom. The van der Waals surface area contributed by atoms with E-state index in [4.69, 9.17) is 5.11 Å². The van der Waals surface area contributed by atoms with E-state index >= 15 is 0 Å². The van der Waals surface area contributed by atoms with E-state index < -0.39 is 0 Å². The molecule has 1 heterocycles. The number of amides is 1.